The predicted octanol–water partition coefficient (Wildman–Crippen LogP) is 4.00. The molecule has 2 rings (SSSR count). The van der Waals surface area contributed by atoms with Gasteiger partial charge >= 0.3 is 0 Å². The van der Waals surface area contributed by atoms with E-state index >= 15 is 0 Å². The van der Waals surface area contributed by atoms with E-state index in [9.17, 15) is 0 Å². The van der Waals surface area contributed by atoms with Gasteiger partial charge in [0.05, 0.1) is 0 Å². The molecule has 2 saturated carbocycles. The second-order valence-electron chi connectivity index (χ2n) is 5.40. The van der Waals surface area contributed by atoms with Crippen molar-refractivity contribution in [1.29, 1.82) is 0 Å². The molecule has 0 saturated heterocycles. The zero-order valence-corrected chi connectivity index (χ0v) is 8.60. The first-order chi connectivity index (χ1) is 5.72. The van der Waals surface area contributed by atoms with Crippen molar-refractivity contribution in [2.24, 2.45) is 17.3 Å². The van der Waals surface area contributed by atoms with Crippen LogP contribution >= 0.6 is 0 Å². The molecule has 70 valence electrons. The van der Waals surface area contributed by atoms with Crippen molar-refractivity contribution < 1.29 is 0 Å². The van der Waals surface area contributed by atoms with E-state index in [-0.39, 0.29) is 0 Å². The Hall–Kier alpha value is 0. The lowest BCUT2D eigenvalue weighted by molar-refractivity contribution is 0.110. The van der Waals surface area contributed by atoms with Crippen LogP contribution in [0.15, 0.2) is 0 Å². The zero-order valence-electron chi connectivity index (χ0n) is 8.60. The van der Waals surface area contributed by atoms with Crippen LogP contribution in [-0.2, 0) is 0 Å². The molecule has 0 aliphatic heterocycles. The van der Waals surface area contributed by atoms with Gasteiger partial charge in [0.15, 0.2) is 0 Å². The summed E-state index contributed by atoms with van der Waals surface area (Å²) in [7, 11) is 0. The summed E-state index contributed by atoms with van der Waals surface area (Å²) in [6.07, 6.45) is 10.7. The molecule has 0 aromatic carbocycles. The predicted molar refractivity (Wildman–Crippen MR) is 53.1 cm³/mol. The van der Waals surface area contributed by atoms with Gasteiger partial charge in [0.2, 0.25) is 0 Å². The number of hydrogen-bond donors (Lipinski definition) is 0. The molecule has 2 atom stereocenters. The molecule has 12 heavy (non-hydrogen) atoms. The SMILES string of the molecule is C[C@H]1CCC2(CCCC2)C[C@@H]1C. The molecule has 2 fully saturated rings. The average molecular weight is 166 g/mol. The molecular formula is C12H22. The molecule has 1 spiro atoms. The maximum Gasteiger partial charge on any atom is -0.0295 e. The Kier molecular flexibility index (Phi) is 2.18. The maximum absolute atomic E-state index is 2.46. The van der Waals surface area contributed by atoms with E-state index in [0.717, 1.165) is 17.3 Å². The average Bonchev–Trinajstić information content (AvgIpc) is 2.47. The zero-order chi connectivity index (χ0) is 8.60. The minimum Gasteiger partial charge on any atom is -0.0623 e. The molecule has 0 aromatic heterocycles. The monoisotopic (exact) mass is 166 g/mol. The summed E-state index contributed by atoms with van der Waals surface area (Å²) < 4.78 is 0. The summed E-state index contributed by atoms with van der Waals surface area (Å²) in [5, 5.41) is 0. The van der Waals surface area contributed by atoms with Crippen LogP contribution in [0, 0.1) is 17.3 Å². The van der Waals surface area contributed by atoms with Crippen molar-refractivity contribution in [3.63, 3.8) is 0 Å². The molecule has 0 heteroatoms. The van der Waals surface area contributed by atoms with Crippen molar-refractivity contribution in [3.05, 3.63) is 0 Å². The highest BCUT2D eigenvalue weighted by Gasteiger charge is 2.39. The minimum atomic E-state index is 0.825. The lowest BCUT2D eigenvalue weighted by Crippen LogP contribution is -2.29. The molecule has 0 heterocycles. The Morgan fingerprint density at radius 2 is 1.58 bits per heavy atom. The van der Waals surface area contributed by atoms with E-state index in [1.165, 1.54) is 25.7 Å². The summed E-state index contributed by atoms with van der Waals surface area (Å²) in [6.45, 7) is 4.90. The third kappa shape index (κ3) is 1.41. The molecular weight excluding hydrogens is 144 g/mol. The van der Waals surface area contributed by atoms with Crippen molar-refractivity contribution in [3.8, 4) is 0 Å². The summed E-state index contributed by atoms with van der Waals surface area (Å²) in [4.78, 5) is 0. The van der Waals surface area contributed by atoms with Crippen LogP contribution in [0.25, 0.3) is 0 Å². The Morgan fingerprint density at radius 1 is 0.917 bits per heavy atom. The van der Waals surface area contributed by atoms with Gasteiger partial charge in [-0.05, 0) is 49.4 Å². The molecule has 0 aromatic rings. The Balaban J connectivity index is 2.01. The van der Waals surface area contributed by atoms with Crippen LogP contribution in [0.3, 0.4) is 0 Å². The van der Waals surface area contributed by atoms with Gasteiger partial charge in [0, 0.05) is 0 Å². The van der Waals surface area contributed by atoms with Gasteiger partial charge in [0.1, 0.15) is 0 Å². The van der Waals surface area contributed by atoms with Gasteiger partial charge < -0.3 is 0 Å². The maximum atomic E-state index is 2.46. The summed E-state index contributed by atoms with van der Waals surface area (Å²) in [5.74, 6) is 1.99. The van der Waals surface area contributed by atoms with Crippen LogP contribution in [0.2, 0.25) is 0 Å². The second-order valence-corrected chi connectivity index (χ2v) is 5.40. The lowest BCUT2D eigenvalue weighted by atomic mass is 9.65. The van der Waals surface area contributed by atoms with Gasteiger partial charge in [-0.2, -0.15) is 0 Å². The van der Waals surface area contributed by atoms with Gasteiger partial charge in [-0.15, -0.1) is 0 Å². The van der Waals surface area contributed by atoms with Crippen molar-refractivity contribution >= 4 is 0 Å². The van der Waals surface area contributed by atoms with E-state index in [0.29, 0.717) is 0 Å². The molecule has 2 aliphatic carbocycles. The number of rotatable bonds is 0. The van der Waals surface area contributed by atoms with Crippen molar-refractivity contribution in [1.82, 2.24) is 0 Å². The van der Waals surface area contributed by atoms with E-state index in [2.05, 4.69) is 13.8 Å². The summed E-state index contributed by atoms with van der Waals surface area (Å²) in [6, 6.07) is 0. The first kappa shape index (κ1) is 8.59. The van der Waals surface area contributed by atoms with Crippen molar-refractivity contribution in [2.75, 3.05) is 0 Å². The van der Waals surface area contributed by atoms with Gasteiger partial charge in [0.25, 0.3) is 0 Å². The highest BCUT2D eigenvalue weighted by atomic mass is 14.4. The van der Waals surface area contributed by atoms with Crippen LogP contribution in [-0.4, -0.2) is 0 Å². The largest absolute Gasteiger partial charge is 0.0623 e. The first-order valence-electron chi connectivity index (χ1n) is 5.72. The molecule has 0 amide bonds. The quantitative estimate of drug-likeness (QED) is 0.510. The topological polar surface area (TPSA) is 0 Å². The number of hydrogen-bond acceptors (Lipinski definition) is 0. The fraction of sp³-hybridized carbons (Fsp3) is 1.00. The van der Waals surface area contributed by atoms with E-state index in [4.69, 9.17) is 0 Å². The fourth-order valence-corrected chi connectivity index (χ4v) is 3.38. The van der Waals surface area contributed by atoms with E-state index in [1.54, 1.807) is 19.3 Å². The van der Waals surface area contributed by atoms with Crippen LogP contribution < -0.4 is 0 Å². The molecule has 2 aliphatic rings. The molecule has 0 nitrogen and oxygen atoms in total. The van der Waals surface area contributed by atoms with Crippen LogP contribution in [0.1, 0.15) is 58.8 Å². The fourth-order valence-electron chi connectivity index (χ4n) is 3.38. The summed E-state index contributed by atoms with van der Waals surface area (Å²) in [5.41, 5.74) is 0.825. The minimum absolute atomic E-state index is 0.825. The molecule has 0 N–H and O–H groups in total. The highest BCUT2D eigenvalue weighted by molar-refractivity contribution is 4.90. The normalized spacial score (nSPS) is 40.5. The van der Waals surface area contributed by atoms with Crippen LogP contribution in [0.4, 0.5) is 0 Å². The van der Waals surface area contributed by atoms with Crippen LogP contribution in [0.5, 0.6) is 0 Å². The Bertz CT molecular complexity index is 153. The third-order valence-corrected chi connectivity index (χ3v) is 4.52. The van der Waals surface area contributed by atoms with Gasteiger partial charge in [-0.3, -0.25) is 0 Å². The standard InChI is InChI=1S/C12H22/c1-10-5-8-12(9-11(10)2)6-3-4-7-12/h10-11H,3-9H2,1-2H3/t10-,11-/m0/s1. The molecule has 0 unspecified atom stereocenters. The lowest BCUT2D eigenvalue weighted by Gasteiger charge is -2.40. The third-order valence-electron chi connectivity index (χ3n) is 4.52. The highest BCUT2D eigenvalue weighted by Crippen LogP contribution is 2.51. The summed E-state index contributed by atoms with van der Waals surface area (Å²) >= 11 is 0. The van der Waals surface area contributed by atoms with E-state index < -0.39 is 0 Å². The first-order valence-corrected chi connectivity index (χ1v) is 5.72. The van der Waals surface area contributed by atoms with Gasteiger partial charge in [-0.1, -0.05) is 26.7 Å². The van der Waals surface area contributed by atoms with Gasteiger partial charge in [-0.25, -0.2) is 0 Å². The molecule has 0 radical (unpaired) electrons. The Labute approximate surface area is 76.7 Å². The smallest absolute Gasteiger partial charge is 0.0295 e. The van der Waals surface area contributed by atoms with Crippen molar-refractivity contribution in [2.45, 2.75) is 58.8 Å². The Morgan fingerprint density at radius 3 is 2.17 bits per heavy atom. The molecule has 0 bridgehead atoms. The van der Waals surface area contributed by atoms with E-state index in [1.807, 2.05) is 0 Å². The second kappa shape index (κ2) is 3.05.